The number of aromatic nitrogens is 1. The number of hydrogen-bond acceptors (Lipinski definition) is 2. The highest BCUT2D eigenvalue weighted by Gasteiger charge is 2.15. The summed E-state index contributed by atoms with van der Waals surface area (Å²) >= 11 is 0. The molecule has 0 atom stereocenters. The Balaban J connectivity index is 3.20. The summed E-state index contributed by atoms with van der Waals surface area (Å²) in [5.41, 5.74) is -0.959. The van der Waals surface area contributed by atoms with E-state index in [2.05, 4.69) is 4.98 Å². The first-order chi connectivity index (χ1) is 6.19. The molecule has 13 heavy (non-hydrogen) atoms. The van der Waals surface area contributed by atoms with Gasteiger partial charge in [-0.05, 0) is 12.1 Å². The van der Waals surface area contributed by atoms with Crippen molar-refractivity contribution in [1.82, 2.24) is 4.98 Å². The van der Waals surface area contributed by atoms with Gasteiger partial charge in [-0.15, -0.1) is 0 Å². The quantitative estimate of drug-likeness (QED) is 0.710. The van der Waals surface area contributed by atoms with Gasteiger partial charge in [0.25, 0.3) is 6.43 Å². The third-order valence-electron chi connectivity index (χ3n) is 1.45. The molecule has 0 bridgehead atoms. The normalized spacial score (nSPS) is 10.1. The number of pyridine rings is 1. The lowest BCUT2D eigenvalue weighted by Crippen LogP contribution is -1.98. The minimum Gasteiger partial charge on any atom is -0.248 e. The third kappa shape index (κ3) is 1.96. The molecule has 1 rings (SSSR count). The van der Waals surface area contributed by atoms with Crippen LogP contribution in [0.2, 0.25) is 0 Å². The van der Waals surface area contributed by atoms with E-state index in [1.807, 2.05) is 0 Å². The fraction of sp³-hybridized carbons (Fsp3) is 0.250. The van der Waals surface area contributed by atoms with Gasteiger partial charge in [-0.1, -0.05) is 0 Å². The zero-order chi connectivity index (χ0) is 9.84. The summed E-state index contributed by atoms with van der Waals surface area (Å²) in [4.78, 5) is 3.31. The average Bonchev–Trinajstić information content (AvgIpc) is 2.16. The maximum Gasteiger partial charge on any atom is 0.281 e. The molecule has 5 heteroatoms. The molecule has 0 radical (unpaired) electrons. The standard InChI is InChI=1S/C8H5F3N2/c9-3-6-2-1-5(4-12)7(13-6)8(10)11/h1-2,8H,3H2. The Bertz CT molecular complexity index is 344. The van der Waals surface area contributed by atoms with Crippen LogP contribution in [0.4, 0.5) is 13.2 Å². The highest BCUT2D eigenvalue weighted by atomic mass is 19.3. The zero-order valence-corrected chi connectivity index (χ0v) is 6.47. The summed E-state index contributed by atoms with van der Waals surface area (Å²) in [6, 6.07) is 3.92. The van der Waals surface area contributed by atoms with Crippen molar-refractivity contribution in [2.45, 2.75) is 13.1 Å². The molecule has 1 heterocycles. The maximum atomic E-state index is 12.2. The van der Waals surface area contributed by atoms with E-state index in [-0.39, 0.29) is 11.3 Å². The van der Waals surface area contributed by atoms with E-state index in [4.69, 9.17) is 5.26 Å². The summed E-state index contributed by atoms with van der Waals surface area (Å²) in [5.74, 6) is 0. The Hall–Kier alpha value is -1.57. The van der Waals surface area contributed by atoms with Crippen molar-refractivity contribution in [3.63, 3.8) is 0 Å². The highest BCUT2D eigenvalue weighted by molar-refractivity contribution is 5.34. The molecule has 0 unspecified atom stereocenters. The van der Waals surface area contributed by atoms with Crippen molar-refractivity contribution in [3.05, 3.63) is 29.1 Å². The van der Waals surface area contributed by atoms with Gasteiger partial charge in [0, 0.05) is 0 Å². The first-order valence-electron chi connectivity index (χ1n) is 3.43. The van der Waals surface area contributed by atoms with Crippen LogP contribution in [0.25, 0.3) is 0 Å². The van der Waals surface area contributed by atoms with Gasteiger partial charge < -0.3 is 0 Å². The van der Waals surface area contributed by atoms with Gasteiger partial charge in [0.1, 0.15) is 18.4 Å². The number of rotatable bonds is 2. The van der Waals surface area contributed by atoms with Crippen molar-refractivity contribution in [3.8, 4) is 6.07 Å². The molecule has 0 amide bonds. The predicted octanol–water partition coefficient (Wildman–Crippen LogP) is 2.36. The molecule has 68 valence electrons. The van der Waals surface area contributed by atoms with Crippen LogP contribution in [0, 0.1) is 11.3 Å². The van der Waals surface area contributed by atoms with Crippen molar-refractivity contribution >= 4 is 0 Å². The Morgan fingerprint density at radius 1 is 1.46 bits per heavy atom. The van der Waals surface area contributed by atoms with Crippen LogP contribution < -0.4 is 0 Å². The summed E-state index contributed by atoms with van der Waals surface area (Å²) in [7, 11) is 0. The molecule has 0 aliphatic rings. The van der Waals surface area contributed by atoms with Gasteiger partial charge in [-0.2, -0.15) is 5.26 Å². The van der Waals surface area contributed by atoms with Crippen LogP contribution in [0.1, 0.15) is 23.4 Å². The predicted molar refractivity (Wildman–Crippen MR) is 38.7 cm³/mol. The second-order valence-electron chi connectivity index (χ2n) is 2.28. The fourth-order valence-corrected chi connectivity index (χ4v) is 0.852. The lowest BCUT2D eigenvalue weighted by molar-refractivity contribution is 0.145. The maximum absolute atomic E-state index is 12.2. The molecule has 0 spiro atoms. The molecule has 0 fully saturated rings. The Kier molecular flexibility index (Phi) is 2.85. The van der Waals surface area contributed by atoms with E-state index in [1.165, 1.54) is 6.07 Å². The number of halogens is 3. The molecule has 0 aromatic carbocycles. The monoisotopic (exact) mass is 186 g/mol. The smallest absolute Gasteiger partial charge is 0.248 e. The molecular formula is C8H5F3N2. The summed E-state index contributed by atoms with van der Waals surface area (Å²) in [6.07, 6.45) is -2.85. The van der Waals surface area contributed by atoms with Gasteiger partial charge in [0.05, 0.1) is 11.3 Å². The Morgan fingerprint density at radius 3 is 2.62 bits per heavy atom. The van der Waals surface area contributed by atoms with E-state index >= 15 is 0 Å². The Morgan fingerprint density at radius 2 is 2.15 bits per heavy atom. The van der Waals surface area contributed by atoms with E-state index in [0.717, 1.165) is 6.07 Å². The van der Waals surface area contributed by atoms with E-state index < -0.39 is 18.8 Å². The third-order valence-corrected chi connectivity index (χ3v) is 1.45. The Labute approximate surface area is 72.6 Å². The molecule has 1 aromatic heterocycles. The average molecular weight is 186 g/mol. The molecular weight excluding hydrogens is 181 g/mol. The minimum absolute atomic E-state index is 0.0886. The second kappa shape index (κ2) is 3.90. The summed E-state index contributed by atoms with van der Waals surface area (Å²) in [5, 5.41) is 8.41. The summed E-state index contributed by atoms with van der Waals surface area (Å²) in [6.45, 7) is -0.911. The molecule has 0 saturated carbocycles. The lowest BCUT2D eigenvalue weighted by atomic mass is 10.2. The van der Waals surface area contributed by atoms with Gasteiger partial charge in [-0.25, -0.2) is 18.2 Å². The zero-order valence-electron chi connectivity index (χ0n) is 6.47. The van der Waals surface area contributed by atoms with Gasteiger partial charge in [0.2, 0.25) is 0 Å². The van der Waals surface area contributed by atoms with Crippen LogP contribution in [-0.2, 0) is 6.67 Å². The first-order valence-corrected chi connectivity index (χ1v) is 3.43. The SMILES string of the molecule is N#Cc1ccc(CF)nc1C(F)F. The van der Waals surface area contributed by atoms with Crippen LogP contribution in [0.3, 0.4) is 0 Å². The lowest BCUT2D eigenvalue weighted by Gasteiger charge is -2.02. The first kappa shape index (κ1) is 9.52. The molecule has 1 aromatic rings. The number of nitriles is 1. The van der Waals surface area contributed by atoms with Crippen molar-refractivity contribution in [2.24, 2.45) is 0 Å². The highest BCUT2D eigenvalue weighted by Crippen LogP contribution is 2.20. The minimum atomic E-state index is -2.85. The number of alkyl halides is 3. The molecule has 2 nitrogen and oxygen atoms in total. The number of hydrogen-bond donors (Lipinski definition) is 0. The fourth-order valence-electron chi connectivity index (χ4n) is 0.852. The van der Waals surface area contributed by atoms with E-state index in [9.17, 15) is 13.2 Å². The van der Waals surface area contributed by atoms with Crippen LogP contribution in [-0.4, -0.2) is 4.98 Å². The topological polar surface area (TPSA) is 36.7 Å². The van der Waals surface area contributed by atoms with Gasteiger partial charge in [0.15, 0.2) is 0 Å². The van der Waals surface area contributed by atoms with Crippen LogP contribution in [0.15, 0.2) is 12.1 Å². The second-order valence-corrected chi connectivity index (χ2v) is 2.28. The van der Waals surface area contributed by atoms with Crippen molar-refractivity contribution in [1.29, 1.82) is 5.26 Å². The van der Waals surface area contributed by atoms with Crippen LogP contribution >= 0.6 is 0 Å². The van der Waals surface area contributed by atoms with E-state index in [1.54, 1.807) is 6.07 Å². The molecule has 0 aliphatic carbocycles. The molecule has 0 saturated heterocycles. The van der Waals surface area contributed by atoms with Gasteiger partial charge in [-0.3, -0.25) is 0 Å². The van der Waals surface area contributed by atoms with Crippen molar-refractivity contribution < 1.29 is 13.2 Å². The summed E-state index contributed by atoms with van der Waals surface area (Å²) < 4.78 is 36.4. The van der Waals surface area contributed by atoms with Crippen LogP contribution in [0.5, 0.6) is 0 Å². The molecule has 0 N–H and O–H groups in total. The van der Waals surface area contributed by atoms with Crippen molar-refractivity contribution in [2.75, 3.05) is 0 Å². The van der Waals surface area contributed by atoms with Gasteiger partial charge >= 0.3 is 0 Å². The largest absolute Gasteiger partial charge is 0.281 e. The molecule has 0 aliphatic heterocycles. The van der Waals surface area contributed by atoms with E-state index in [0.29, 0.717) is 0 Å². The number of nitrogens with zero attached hydrogens (tertiary/aromatic N) is 2.